The van der Waals surface area contributed by atoms with E-state index in [9.17, 15) is 0 Å². The van der Waals surface area contributed by atoms with E-state index in [0.717, 1.165) is 51.6 Å². The Morgan fingerprint density at radius 3 is 2.65 bits per heavy atom. The summed E-state index contributed by atoms with van der Waals surface area (Å²) < 4.78 is 5.65. The Balaban J connectivity index is 0.00000338. The summed E-state index contributed by atoms with van der Waals surface area (Å²) in [4.78, 5) is 8.30. The zero-order valence-electron chi connectivity index (χ0n) is 16.5. The summed E-state index contributed by atoms with van der Waals surface area (Å²) in [5, 5.41) is 9.20. The lowest BCUT2D eigenvalue weighted by molar-refractivity contribution is 0.0532. The number of aliphatic imine (C=N–C) groups is 1. The van der Waals surface area contributed by atoms with Gasteiger partial charge in [0.1, 0.15) is 0 Å². The van der Waals surface area contributed by atoms with Gasteiger partial charge >= 0.3 is 0 Å². The zero-order valence-corrected chi connectivity index (χ0v) is 19.7. The summed E-state index contributed by atoms with van der Waals surface area (Å²) in [5.41, 5.74) is 0. The van der Waals surface area contributed by atoms with Crippen molar-refractivity contribution in [2.24, 2.45) is 4.99 Å². The molecule has 1 atom stereocenters. The molecular weight excluding hydrogens is 459 g/mol. The molecule has 0 amide bonds. The molecule has 1 saturated heterocycles. The minimum atomic E-state index is 0. The Hall–Kier alpha value is -0.380. The zero-order chi connectivity index (χ0) is 18.1. The van der Waals surface area contributed by atoms with Gasteiger partial charge in [0.2, 0.25) is 0 Å². The number of nitrogens with one attached hydrogen (secondary N) is 2. The highest BCUT2D eigenvalue weighted by Crippen LogP contribution is 2.19. The second kappa shape index (κ2) is 12.9. The van der Waals surface area contributed by atoms with Crippen molar-refractivity contribution in [2.75, 3.05) is 39.8 Å². The molecule has 5 nitrogen and oxygen atoms in total. The van der Waals surface area contributed by atoms with Crippen molar-refractivity contribution in [1.82, 2.24) is 15.5 Å². The molecular formula is C19H35IN4OS. The molecule has 2 heterocycles. The van der Waals surface area contributed by atoms with E-state index in [1.165, 1.54) is 4.88 Å². The second-order valence-electron chi connectivity index (χ2n) is 7.05. The third-order valence-corrected chi connectivity index (χ3v) is 5.72. The van der Waals surface area contributed by atoms with Gasteiger partial charge in [-0.15, -0.1) is 35.3 Å². The lowest BCUT2D eigenvalue weighted by Gasteiger charge is -2.33. The van der Waals surface area contributed by atoms with Crippen LogP contribution in [-0.4, -0.2) is 62.8 Å². The summed E-state index contributed by atoms with van der Waals surface area (Å²) in [6, 6.07) is 4.82. The Morgan fingerprint density at radius 1 is 1.35 bits per heavy atom. The molecule has 1 fully saturated rings. The van der Waals surface area contributed by atoms with Crippen molar-refractivity contribution in [3.05, 3.63) is 22.4 Å². The number of piperidine rings is 1. The fourth-order valence-electron chi connectivity index (χ4n) is 3.03. The van der Waals surface area contributed by atoms with Crippen molar-refractivity contribution >= 4 is 41.3 Å². The molecule has 26 heavy (non-hydrogen) atoms. The van der Waals surface area contributed by atoms with Crippen LogP contribution in [0.1, 0.15) is 44.4 Å². The summed E-state index contributed by atoms with van der Waals surface area (Å²) >= 11 is 1.82. The van der Waals surface area contributed by atoms with Crippen LogP contribution in [0.3, 0.4) is 0 Å². The van der Waals surface area contributed by atoms with Gasteiger partial charge in [0.05, 0.1) is 12.7 Å². The fourth-order valence-corrected chi connectivity index (χ4v) is 3.82. The molecule has 7 heteroatoms. The Labute approximate surface area is 180 Å². The average Bonchev–Trinajstić information content (AvgIpc) is 3.14. The van der Waals surface area contributed by atoms with E-state index >= 15 is 0 Å². The van der Waals surface area contributed by atoms with E-state index in [2.05, 4.69) is 58.8 Å². The number of hydrogen-bond acceptors (Lipinski definition) is 4. The first-order valence-corrected chi connectivity index (χ1v) is 10.3. The van der Waals surface area contributed by atoms with E-state index in [1.54, 1.807) is 0 Å². The minimum absolute atomic E-state index is 0. The first kappa shape index (κ1) is 23.7. The van der Waals surface area contributed by atoms with Crippen LogP contribution in [0.15, 0.2) is 22.5 Å². The Morgan fingerprint density at radius 2 is 2.08 bits per heavy atom. The van der Waals surface area contributed by atoms with Crippen molar-refractivity contribution in [3.63, 3.8) is 0 Å². The number of nitrogens with zero attached hydrogens (tertiary/aromatic N) is 2. The Bertz CT molecular complexity index is 502. The van der Waals surface area contributed by atoms with Crippen LogP contribution in [-0.2, 0) is 4.74 Å². The molecule has 1 aliphatic heterocycles. The predicted molar refractivity (Wildman–Crippen MR) is 123 cm³/mol. The van der Waals surface area contributed by atoms with Crippen LogP contribution in [0, 0.1) is 0 Å². The molecule has 0 saturated carbocycles. The number of thiophene rings is 1. The standard InChI is InChI=1S/C19H34N4OS.HI/c1-15(2)24-12-11-23-9-7-17(8-10-23)22-19(20-4)21-14-16(3)18-6-5-13-25-18;/h5-6,13,15-17H,7-12,14H2,1-4H3,(H2,20,21,22);1H. The lowest BCUT2D eigenvalue weighted by Crippen LogP contribution is -2.49. The first-order valence-electron chi connectivity index (χ1n) is 9.43. The lowest BCUT2D eigenvalue weighted by atomic mass is 10.1. The third kappa shape index (κ3) is 8.54. The van der Waals surface area contributed by atoms with Gasteiger partial charge in [0.15, 0.2) is 5.96 Å². The summed E-state index contributed by atoms with van der Waals surface area (Å²) in [6.07, 6.45) is 2.64. The average molecular weight is 494 g/mol. The van der Waals surface area contributed by atoms with Gasteiger partial charge in [0.25, 0.3) is 0 Å². The number of ether oxygens (including phenoxy) is 1. The highest BCUT2D eigenvalue weighted by molar-refractivity contribution is 14.0. The van der Waals surface area contributed by atoms with Gasteiger partial charge in [-0.2, -0.15) is 0 Å². The van der Waals surface area contributed by atoms with Gasteiger partial charge in [-0.3, -0.25) is 4.99 Å². The molecule has 1 unspecified atom stereocenters. The SMILES string of the molecule is CN=C(NCC(C)c1cccs1)NC1CCN(CCOC(C)C)CC1.I. The third-order valence-electron chi connectivity index (χ3n) is 4.62. The summed E-state index contributed by atoms with van der Waals surface area (Å²) in [6.45, 7) is 11.5. The maximum absolute atomic E-state index is 5.65. The molecule has 0 aromatic carbocycles. The molecule has 0 spiro atoms. The van der Waals surface area contributed by atoms with Crippen LogP contribution in [0.2, 0.25) is 0 Å². The quantitative estimate of drug-likeness (QED) is 0.330. The highest BCUT2D eigenvalue weighted by Gasteiger charge is 2.20. The van der Waals surface area contributed by atoms with Crippen LogP contribution >= 0.6 is 35.3 Å². The second-order valence-corrected chi connectivity index (χ2v) is 8.03. The number of halogens is 1. The van der Waals surface area contributed by atoms with Crippen molar-refractivity contribution in [3.8, 4) is 0 Å². The van der Waals surface area contributed by atoms with Gasteiger partial charge in [-0.05, 0) is 38.1 Å². The smallest absolute Gasteiger partial charge is 0.191 e. The van der Waals surface area contributed by atoms with Crippen LogP contribution in [0.4, 0.5) is 0 Å². The molecule has 2 N–H and O–H groups in total. The minimum Gasteiger partial charge on any atom is -0.377 e. The van der Waals surface area contributed by atoms with E-state index in [-0.39, 0.29) is 24.0 Å². The van der Waals surface area contributed by atoms with Crippen molar-refractivity contribution in [1.29, 1.82) is 0 Å². The largest absolute Gasteiger partial charge is 0.377 e. The van der Waals surface area contributed by atoms with E-state index in [0.29, 0.717) is 18.1 Å². The highest BCUT2D eigenvalue weighted by atomic mass is 127. The molecule has 150 valence electrons. The van der Waals surface area contributed by atoms with Crippen LogP contribution in [0.5, 0.6) is 0 Å². The van der Waals surface area contributed by atoms with Crippen LogP contribution < -0.4 is 10.6 Å². The first-order chi connectivity index (χ1) is 12.1. The normalized spacial score (nSPS) is 17.8. The maximum Gasteiger partial charge on any atom is 0.191 e. The molecule has 1 aromatic rings. The Kier molecular flexibility index (Phi) is 11.7. The molecule has 1 aromatic heterocycles. The van der Waals surface area contributed by atoms with E-state index in [1.807, 2.05) is 18.4 Å². The van der Waals surface area contributed by atoms with E-state index in [4.69, 9.17) is 4.74 Å². The topological polar surface area (TPSA) is 48.9 Å². The van der Waals surface area contributed by atoms with Crippen LogP contribution in [0.25, 0.3) is 0 Å². The summed E-state index contributed by atoms with van der Waals surface area (Å²) in [7, 11) is 1.85. The molecule has 0 bridgehead atoms. The summed E-state index contributed by atoms with van der Waals surface area (Å²) in [5.74, 6) is 1.42. The van der Waals surface area contributed by atoms with Gasteiger partial charge in [0, 0.05) is 50.1 Å². The van der Waals surface area contributed by atoms with E-state index < -0.39 is 0 Å². The van der Waals surface area contributed by atoms with Gasteiger partial charge in [-0.25, -0.2) is 0 Å². The van der Waals surface area contributed by atoms with Gasteiger partial charge in [-0.1, -0.05) is 13.0 Å². The van der Waals surface area contributed by atoms with Crippen molar-refractivity contribution < 1.29 is 4.74 Å². The monoisotopic (exact) mass is 494 g/mol. The fraction of sp³-hybridized carbons (Fsp3) is 0.737. The predicted octanol–water partition coefficient (Wildman–Crippen LogP) is 3.52. The number of rotatable bonds is 8. The maximum atomic E-state index is 5.65. The molecule has 0 aliphatic carbocycles. The number of hydrogen-bond donors (Lipinski definition) is 2. The molecule has 0 radical (unpaired) electrons. The van der Waals surface area contributed by atoms with Gasteiger partial charge < -0.3 is 20.3 Å². The number of guanidine groups is 1. The molecule has 2 rings (SSSR count). The van der Waals surface area contributed by atoms with Crippen molar-refractivity contribution in [2.45, 2.75) is 51.7 Å². The molecule has 1 aliphatic rings. The number of likely N-dealkylation sites (tertiary alicyclic amines) is 1.